The van der Waals surface area contributed by atoms with Gasteiger partial charge in [0.1, 0.15) is 48.0 Å². The molecule has 0 spiro atoms. The first kappa shape index (κ1) is 48.5. The minimum atomic E-state index is -1.62. The highest BCUT2D eigenvalue weighted by Gasteiger charge is 2.44. The minimum Gasteiger partial charge on any atom is -0.508 e. The molecule has 0 aromatic heterocycles. The number of aliphatic hydroxyl groups excluding tert-OH is 1. The molecule has 8 atom stereocenters. The number of hydrogen-bond acceptors (Lipinski definition) is 15. The number of nitrogens with one attached hydrogen (secondary N) is 5. The highest BCUT2D eigenvalue weighted by atomic mass is 33.1. The Bertz CT molecular complexity index is 1790. The maximum atomic E-state index is 14.2. The van der Waals surface area contributed by atoms with Gasteiger partial charge in [0, 0.05) is 37.4 Å². The van der Waals surface area contributed by atoms with Crippen molar-refractivity contribution in [1.82, 2.24) is 36.4 Å². The van der Waals surface area contributed by atoms with E-state index in [0.29, 0.717) is 31.4 Å². The van der Waals surface area contributed by atoms with Crippen LogP contribution in [0.25, 0.3) is 0 Å². The van der Waals surface area contributed by atoms with Crippen LogP contribution in [-0.4, -0.2) is 159 Å². The van der Waals surface area contributed by atoms with E-state index in [0.717, 1.165) is 26.5 Å². The monoisotopic (exact) mass is 893 g/mol. The van der Waals surface area contributed by atoms with Crippen molar-refractivity contribution in [3.63, 3.8) is 0 Å². The van der Waals surface area contributed by atoms with E-state index in [1.54, 1.807) is 0 Å². The Morgan fingerprint density at radius 1 is 0.787 bits per heavy atom. The number of aromatic hydroxyl groups is 1. The molecule has 24 heteroatoms. The number of amides is 9. The Labute approximate surface area is 359 Å². The Morgan fingerprint density at radius 2 is 1.43 bits per heavy atom. The number of fused-ring (bicyclic) bond motifs is 2. The van der Waals surface area contributed by atoms with E-state index >= 15 is 0 Å². The molecule has 1 aromatic carbocycles. The molecule has 3 fully saturated rings. The Morgan fingerprint density at radius 3 is 2.08 bits per heavy atom. The molecule has 3 saturated heterocycles. The highest BCUT2D eigenvalue weighted by Crippen LogP contribution is 2.27. The average Bonchev–Trinajstić information content (AvgIpc) is 3.87. The van der Waals surface area contributed by atoms with Crippen molar-refractivity contribution in [2.75, 3.05) is 37.7 Å². The molecule has 336 valence electrons. The fraction of sp³-hybridized carbons (Fsp3) is 0.595. The van der Waals surface area contributed by atoms with E-state index < -0.39 is 115 Å². The van der Waals surface area contributed by atoms with Gasteiger partial charge in [-0.25, -0.2) is 0 Å². The lowest BCUT2D eigenvalue weighted by atomic mass is 10.0. The average molecular weight is 894 g/mol. The third-order valence-corrected chi connectivity index (χ3v) is 12.8. The number of nitrogens with zero attached hydrogens (tertiary/aromatic N) is 2. The van der Waals surface area contributed by atoms with Crippen molar-refractivity contribution in [2.45, 2.75) is 99.8 Å². The Hall–Kier alpha value is -5.17. The fourth-order valence-corrected chi connectivity index (χ4v) is 9.52. The number of unbranched alkanes of at least 4 members (excludes halogenated alkanes) is 1. The number of carbonyl (C=O) groups is 9. The van der Waals surface area contributed by atoms with Crippen molar-refractivity contribution >= 4 is 74.8 Å². The zero-order chi connectivity index (χ0) is 44.8. The van der Waals surface area contributed by atoms with Crippen LogP contribution in [0.15, 0.2) is 24.3 Å². The molecule has 3 aliphatic heterocycles. The molecular formula is C37H55N11O11S2. The molecule has 61 heavy (non-hydrogen) atoms. The van der Waals surface area contributed by atoms with E-state index in [4.69, 9.17) is 22.9 Å². The van der Waals surface area contributed by atoms with E-state index in [2.05, 4.69) is 26.6 Å². The molecule has 15 N–H and O–H groups in total. The first-order chi connectivity index (χ1) is 29.0. The number of carbonyl (C=O) groups excluding carboxylic acids is 9. The van der Waals surface area contributed by atoms with Crippen molar-refractivity contribution in [1.29, 1.82) is 0 Å². The van der Waals surface area contributed by atoms with Gasteiger partial charge >= 0.3 is 0 Å². The van der Waals surface area contributed by atoms with Crippen LogP contribution in [0, 0.1) is 0 Å². The maximum absolute atomic E-state index is 14.2. The van der Waals surface area contributed by atoms with E-state index in [1.807, 2.05) is 0 Å². The second kappa shape index (κ2) is 23.2. The van der Waals surface area contributed by atoms with Crippen LogP contribution in [0.1, 0.15) is 50.5 Å². The summed E-state index contributed by atoms with van der Waals surface area (Å²) in [4.78, 5) is 124. The van der Waals surface area contributed by atoms with Gasteiger partial charge < -0.3 is 69.5 Å². The molecular weight excluding hydrogens is 839 g/mol. The summed E-state index contributed by atoms with van der Waals surface area (Å²) in [5.74, 6) is -7.79. The van der Waals surface area contributed by atoms with Gasteiger partial charge in [-0.2, -0.15) is 0 Å². The summed E-state index contributed by atoms with van der Waals surface area (Å²) >= 11 is 0. The Balaban J connectivity index is 1.75. The van der Waals surface area contributed by atoms with Crippen molar-refractivity contribution in [2.24, 2.45) is 22.9 Å². The lowest BCUT2D eigenvalue weighted by molar-refractivity contribution is -0.144. The van der Waals surface area contributed by atoms with Gasteiger partial charge in [-0.3, -0.25) is 43.2 Å². The van der Waals surface area contributed by atoms with Crippen molar-refractivity contribution in [3.8, 4) is 5.75 Å². The van der Waals surface area contributed by atoms with Crippen LogP contribution < -0.4 is 49.5 Å². The van der Waals surface area contributed by atoms with Gasteiger partial charge in [0.2, 0.25) is 53.2 Å². The number of nitrogens with two attached hydrogens (primary N) is 4. The number of primary amides is 2. The Kier molecular flexibility index (Phi) is 18.4. The lowest BCUT2D eigenvalue weighted by Gasteiger charge is -2.31. The third-order valence-electron chi connectivity index (χ3n) is 10.3. The molecule has 0 radical (unpaired) electrons. The largest absolute Gasteiger partial charge is 0.508 e. The second-order valence-corrected chi connectivity index (χ2v) is 17.5. The zero-order valence-corrected chi connectivity index (χ0v) is 35.0. The summed E-state index contributed by atoms with van der Waals surface area (Å²) in [7, 11) is 2.07. The molecule has 0 saturated carbocycles. The van der Waals surface area contributed by atoms with Crippen LogP contribution in [-0.2, 0) is 49.6 Å². The normalized spacial score (nSPS) is 27.5. The molecule has 3 heterocycles. The molecule has 4 rings (SSSR count). The van der Waals surface area contributed by atoms with Gasteiger partial charge in [0.05, 0.1) is 19.1 Å². The number of phenolic OH excluding ortho intramolecular Hbond substituents is 1. The molecule has 0 unspecified atom stereocenters. The van der Waals surface area contributed by atoms with E-state index in [9.17, 15) is 53.4 Å². The smallest absolute Gasteiger partial charge is 0.246 e. The quantitative estimate of drug-likeness (QED) is 0.0733. The number of hydrogen-bond donors (Lipinski definition) is 11. The van der Waals surface area contributed by atoms with E-state index in [-0.39, 0.29) is 56.0 Å². The first-order valence-electron chi connectivity index (χ1n) is 19.8. The third kappa shape index (κ3) is 13.9. The molecule has 0 aliphatic carbocycles. The standard InChI is InChI=1S/C37H55N11O11S2/c38-10-2-1-4-22-32(54)46-25(31(41)53)17-60-61-18-26(42-30(52)15-39)37(59)48-16-21(50)13-28(48)35(57)44-23(12-19-6-8-20(49)9-7-19)33(55)45-24(14-29(40)51)36(58)47-11-3-5-27(47)34(56)43-22/h6-9,21-28,49-50H,1-5,10-18,38-39H2,(H2,40,51)(H2,41,53)(H,42,52)(H,43,56)(H,44,57)(H,45,55)(H,46,54)/t21-,22+,23+,24+,25+,26+,27+,28+/m1/s1. The first-order valence-corrected chi connectivity index (χ1v) is 22.3. The summed E-state index contributed by atoms with van der Waals surface area (Å²) in [6, 6.07) is -3.65. The molecule has 1 aromatic rings. The topological polar surface area (TPSA) is 365 Å². The summed E-state index contributed by atoms with van der Waals surface area (Å²) in [5.41, 5.74) is 22.8. The van der Waals surface area contributed by atoms with Crippen LogP contribution in [0.4, 0.5) is 0 Å². The van der Waals surface area contributed by atoms with Crippen LogP contribution in [0.5, 0.6) is 5.75 Å². The molecule has 3 aliphatic rings. The summed E-state index contributed by atoms with van der Waals surface area (Å²) in [6.45, 7) is -0.469. The molecule has 22 nitrogen and oxygen atoms in total. The van der Waals surface area contributed by atoms with Crippen molar-refractivity contribution < 1.29 is 53.4 Å². The van der Waals surface area contributed by atoms with Gasteiger partial charge in [0.15, 0.2) is 0 Å². The second-order valence-electron chi connectivity index (χ2n) is 15.0. The lowest BCUT2D eigenvalue weighted by Crippen LogP contribution is -2.60. The fourth-order valence-electron chi connectivity index (χ4n) is 7.18. The SMILES string of the molecule is NCCCC[C@@H]1NC(=O)[C@@H]2CCCN2C(=O)[C@H](CC(N)=O)NC(=O)[C@H](Cc2ccc(O)cc2)NC(=O)[C@@H]2C[C@@H](O)CN2C(=O)[C@@H](NC(=O)CN)CSSC[C@@H](C(N)=O)NC1=O. The zero-order valence-electron chi connectivity index (χ0n) is 33.4. The summed E-state index contributed by atoms with van der Waals surface area (Å²) < 4.78 is 0. The van der Waals surface area contributed by atoms with E-state index in [1.165, 1.54) is 29.2 Å². The predicted octanol–water partition coefficient (Wildman–Crippen LogP) is -4.85. The number of rotatable bonds is 11. The van der Waals surface area contributed by atoms with Gasteiger partial charge in [0.25, 0.3) is 0 Å². The molecule has 9 amide bonds. The molecule has 0 bridgehead atoms. The highest BCUT2D eigenvalue weighted by molar-refractivity contribution is 8.76. The summed E-state index contributed by atoms with van der Waals surface area (Å²) in [5, 5.41) is 33.4. The van der Waals surface area contributed by atoms with Crippen LogP contribution in [0.3, 0.4) is 0 Å². The number of aliphatic hydroxyl groups is 1. The number of phenols is 1. The van der Waals surface area contributed by atoms with Gasteiger partial charge in [-0.1, -0.05) is 33.7 Å². The number of benzene rings is 1. The summed E-state index contributed by atoms with van der Waals surface area (Å²) in [6.07, 6.45) is -0.819. The maximum Gasteiger partial charge on any atom is 0.246 e. The predicted molar refractivity (Wildman–Crippen MR) is 222 cm³/mol. The van der Waals surface area contributed by atoms with Crippen molar-refractivity contribution in [3.05, 3.63) is 29.8 Å². The van der Waals surface area contributed by atoms with Crippen LogP contribution >= 0.6 is 21.6 Å². The van der Waals surface area contributed by atoms with Gasteiger partial charge in [-0.15, -0.1) is 0 Å². The minimum absolute atomic E-state index is 0.0407. The van der Waals surface area contributed by atoms with Crippen LogP contribution in [0.2, 0.25) is 0 Å². The van der Waals surface area contributed by atoms with Gasteiger partial charge in [-0.05, 0) is 56.3 Å².